The van der Waals surface area contributed by atoms with Crippen molar-refractivity contribution in [2.45, 2.75) is 6.92 Å². The minimum absolute atomic E-state index is 0.0752. The Balaban J connectivity index is 1.69. The van der Waals surface area contributed by atoms with Crippen LogP contribution in [0, 0.1) is 6.92 Å². The van der Waals surface area contributed by atoms with Gasteiger partial charge in [0.2, 0.25) is 5.91 Å². The lowest BCUT2D eigenvalue weighted by molar-refractivity contribution is -0.113. The summed E-state index contributed by atoms with van der Waals surface area (Å²) in [5, 5.41) is 3.85. The van der Waals surface area contributed by atoms with Gasteiger partial charge in [0, 0.05) is 26.2 Å². The molecule has 0 unspecified atom stereocenters. The smallest absolute Gasteiger partial charge is 0.234 e. The number of piperazine rings is 1. The maximum absolute atomic E-state index is 12.6. The molecule has 1 amide bonds. The lowest BCUT2D eigenvalue weighted by Crippen LogP contribution is -2.46. The molecule has 0 radical (unpaired) electrons. The minimum Gasteiger partial charge on any atom is -0.495 e. The lowest BCUT2D eigenvalue weighted by atomic mass is 10.2. The summed E-state index contributed by atoms with van der Waals surface area (Å²) in [6, 6.07) is 15.6. The first-order valence-electron chi connectivity index (χ1n) is 9.69. The number of aryl methyl sites for hydroxylation is 1. The fraction of sp³-hybridized carbons (Fsp3) is 0.364. The van der Waals surface area contributed by atoms with Crippen LogP contribution >= 0.6 is 11.8 Å². The summed E-state index contributed by atoms with van der Waals surface area (Å²) in [4.78, 5) is 22.0. The third-order valence-corrected chi connectivity index (χ3v) is 5.73. The van der Waals surface area contributed by atoms with Gasteiger partial charge in [-0.1, -0.05) is 36.0 Å². The van der Waals surface area contributed by atoms with Crippen LogP contribution in [0.3, 0.4) is 0 Å². The van der Waals surface area contributed by atoms with Gasteiger partial charge in [0.05, 0.1) is 24.2 Å². The van der Waals surface area contributed by atoms with Gasteiger partial charge in [-0.25, -0.2) is 4.99 Å². The Kier molecular flexibility index (Phi) is 7.55. The molecule has 1 saturated heterocycles. The number of nitrogens with one attached hydrogen (secondary N) is 1. The molecule has 2 aromatic carbocycles. The molecule has 1 heterocycles. The molecule has 7 heteroatoms. The van der Waals surface area contributed by atoms with Crippen molar-refractivity contribution < 1.29 is 9.53 Å². The number of methoxy groups -OCH3 is 1. The molecule has 0 saturated carbocycles. The number of para-hydroxylation sites is 1. The van der Waals surface area contributed by atoms with Crippen LogP contribution in [0.1, 0.15) is 5.56 Å². The SMILES string of the molecule is COc1ccc(C)cc1NC(=O)CSC(=Nc1ccccc1)N1CCN(C)CC1. The van der Waals surface area contributed by atoms with E-state index in [9.17, 15) is 4.79 Å². The molecular formula is C22H28N4O2S. The molecule has 1 N–H and O–H groups in total. The molecule has 1 aliphatic rings. The molecular weight excluding hydrogens is 384 g/mol. The predicted octanol–water partition coefficient (Wildman–Crippen LogP) is 3.61. The first-order chi connectivity index (χ1) is 14.0. The molecule has 0 spiro atoms. The van der Waals surface area contributed by atoms with Crippen LogP contribution in [0.2, 0.25) is 0 Å². The minimum atomic E-state index is -0.0752. The maximum Gasteiger partial charge on any atom is 0.234 e. The summed E-state index contributed by atoms with van der Waals surface area (Å²) in [5.41, 5.74) is 2.66. The Morgan fingerprint density at radius 1 is 1.14 bits per heavy atom. The molecule has 2 aromatic rings. The average Bonchev–Trinajstić information content (AvgIpc) is 2.73. The zero-order valence-corrected chi connectivity index (χ0v) is 18.0. The van der Waals surface area contributed by atoms with Crippen molar-refractivity contribution in [3.05, 3.63) is 54.1 Å². The average molecular weight is 413 g/mol. The van der Waals surface area contributed by atoms with Crippen LogP contribution in [0.25, 0.3) is 0 Å². The van der Waals surface area contributed by atoms with Gasteiger partial charge in [-0.05, 0) is 43.8 Å². The summed E-state index contributed by atoms with van der Waals surface area (Å²) in [6.45, 7) is 5.77. The molecule has 1 aliphatic heterocycles. The topological polar surface area (TPSA) is 57.2 Å². The van der Waals surface area contributed by atoms with Crippen LogP contribution < -0.4 is 10.1 Å². The van der Waals surface area contributed by atoms with Crippen molar-refractivity contribution in [3.8, 4) is 5.75 Å². The van der Waals surface area contributed by atoms with Crippen molar-refractivity contribution in [1.82, 2.24) is 9.80 Å². The first-order valence-corrected chi connectivity index (χ1v) is 10.7. The van der Waals surface area contributed by atoms with Crippen molar-refractivity contribution in [3.63, 3.8) is 0 Å². The van der Waals surface area contributed by atoms with Crippen molar-refractivity contribution >= 4 is 34.2 Å². The Bertz CT molecular complexity index is 849. The number of nitrogens with zero attached hydrogens (tertiary/aromatic N) is 3. The van der Waals surface area contributed by atoms with Gasteiger partial charge < -0.3 is 19.9 Å². The van der Waals surface area contributed by atoms with Crippen LogP contribution in [0.4, 0.5) is 11.4 Å². The Hall–Kier alpha value is -2.51. The molecule has 0 atom stereocenters. The van der Waals surface area contributed by atoms with Crippen molar-refractivity contribution in [1.29, 1.82) is 0 Å². The Morgan fingerprint density at radius 2 is 1.86 bits per heavy atom. The fourth-order valence-electron chi connectivity index (χ4n) is 3.04. The second kappa shape index (κ2) is 10.3. The van der Waals surface area contributed by atoms with E-state index >= 15 is 0 Å². The van der Waals surface area contributed by atoms with Crippen molar-refractivity contribution in [2.24, 2.45) is 4.99 Å². The normalized spacial score (nSPS) is 15.3. The van der Waals surface area contributed by atoms with E-state index in [1.54, 1.807) is 7.11 Å². The molecule has 0 bridgehead atoms. The number of rotatable bonds is 5. The van der Waals surface area contributed by atoms with Gasteiger partial charge in [0.25, 0.3) is 0 Å². The number of ether oxygens (including phenoxy) is 1. The number of amidine groups is 1. The van der Waals surface area contributed by atoms with E-state index in [1.165, 1.54) is 11.8 Å². The number of benzene rings is 2. The molecule has 1 fully saturated rings. The Morgan fingerprint density at radius 3 is 2.55 bits per heavy atom. The molecule has 3 rings (SSSR count). The second-order valence-electron chi connectivity index (χ2n) is 7.06. The monoisotopic (exact) mass is 412 g/mol. The van der Waals surface area contributed by atoms with E-state index in [2.05, 4.69) is 22.2 Å². The highest BCUT2D eigenvalue weighted by Crippen LogP contribution is 2.26. The largest absolute Gasteiger partial charge is 0.495 e. The van der Waals surface area contributed by atoms with Crippen LogP contribution in [0.15, 0.2) is 53.5 Å². The van der Waals surface area contributed by atoms with Crippen molar-refractivity contribution in [2.75, 3.05) is 51.4 Å². The van der Waals surface area contributed by atoms with Gasteiger partial charge in [-0.3, -0.25) is 4.79 Å². The zero-order chi connectivity index (χ0) is 20.6. The summed E-state index contributed by atoms with van der Waals surface area (Å²) >= 11 is 1.47. The highest BCUT2D eigenvalue weighted by atomic mass is 32.2. The number of anilines is 1. The van der Waals surface area contributed by atoms with E-state index in [1.807, 2.05) is 55.5 Å². The zero-order valence-electron chi connectivity index (χ0n) is 17.2. The van der Waals surface area contributed by atoms with Crippen LogP contribution in [-0.4, -0.2) is 67.0 Å². The summed E-state index contributed by atoms with van der Waals surface area (Å²) < 4.78 is 5.35. The quantitative estimate of drug-likeness (QED) is 0.601. The molecule has 0 aromatic heterocycles. The van der Waals surface area contributed by atoms with Crippen LogP contribution in [-0.2, 0) is 4.79 Å². The third-order valence-electron chi connectivity index (χ3n) is 4.72. The predicted molar refractivity (Wildman–Crippen MR) is 121 cm³/mol. The highest BCUT2D eigenvalue weighted by molar-refractivity contribution is 8.14. The van der Waals surface area contributed by atoms with E-state index in [0.717, 1.165) is 42.6 Å². The first kappa shape index (κ1) is 21.2. The number of amides is 1. The van der Waals surface area contributed by atoms with Gasteiger partial charge in [-0.2, -0.15) is 0 Å². The standard InChI is InChI=1S/C22H28N4O2S/c1-17-9-10-20(28-3)19(15-17)24-21(27)16-29-22(23-18-7-5-4-6-8-18)26-13-11-25(2)12-14-26/h4-10,15H,11-14,16H2,1-3H3,(H,24,27). The number of hydrogen-bond acceptors (Lipinski definition) is 5. The second-order valence-corrected chi connectivity index (χ2v) is 8.00. The molecule has 6 nitrogen and oxygen atoms in total. The third kappa shape index (κ3) is 6.24. The lowest BCUT2D eigenvalue weighted by Gasteiger charge is -2.34. The van der Waals surface area contributed by atoms with E-state index in [-0.39, 0.29) is 11.7 Å². The molecule has 0 aliphatic carbocycles. The number of carbonyl (C=O) groups is 1. The number of hydrogen-bond donors (Lipinski definition) is 1. The summed E-state index contributed by atoms with van der Waals surface area (Å²) in [6.07, 6.45) is 0. The molecule has 29 heavy (non-hydrogen) atoms. The van der Waals surface area contributed by atoms with Crippen LogP contribution in [0.5, 0.6) is 5.75 Å². The van der Waals surface area contributed by atoms with Gasteiger partial charge in [-0.15, -0.1) is 0 Å². The number of carbonyl (C=O) groups excluding carboxylic acids is 1. The fourth-order valence-corrected chi connectivity index (χ4v) is 3.91. The molecule has 154 valence electrons. The highest BCUT2D eigenvalue weighted by Gasteiger charge is 2.19. The van der Waals surface area contributed by atoms with E-state index in [0.29, 0.717) is 11.4 Å². The maximum atomic E-state index is 12.6. The summed E-state index contributed by atoms with van der Waals surface area (Å²) in [5.74, 6) is 0.870. The Labute approximate surface area is 176 Å². The number of thioether (sulfide) groups is 1. The van der Waals surface area contributed by atoms with E-state index in [4.69, 9.17) is 9.73 Å². The van der Waals surface area contributed by atoms with Gasteiger partial charge >= 0.3 is 0 Å². The number of likely N-dealkylation sites (N-methyl/N-ethyl adjacent to an activating group) is 1. The summed E-state index contributed by atoms with van der Waals surface area (Å²) in [7, 11) is 3.73. The van der Waals surface area contributed by atoms with Gasteiger partial charge in [0.15, 0.2) is 5.17 Å². The van der Waals surface area contributed by atoms with E-state index < -0.39 is 0 Å². The number of aliphatic imine (C=N–C) groups is 1. The van der Waals surface area contributed by atoms with Gasteiger partial charge in [0.1, 0.15) is 5.75 Å².